The van der Waals surface area contributed by atoms with Gasteiger partial charge >= 0.3 is 5.97 Å². The summed E-state index contributed by atoms with van der Waals surface area (Å²) in [5.41, 5.74) is 0.808. The van der Waals surface area contributed by atoms with Gasteiger partial charge in [-0.1, -0.05) is 110 Å². The zero-order chi connectivity index (χ0) is 24.0. The highest BCUT2D eigenvalue weighted by molar-refractivity contribution is 5.85. The molecule has 0 atom stereocenters. The highest BCUT2D eigenvalue weighted by Crippen LogP contribution is 2.29. The average molecular weight is 461 g/mol. The van der Waals surface area contributed by atoms with Gasteiger partial charge < -0.3 is 14.6 Å². The Hall–Kier alpha value is -1.97. The number of benzene rings is 1. The highest BCUT2D eigenvalue weighted by atomic mass is 16.5. The molecule has 0 fully saturated rings. The van der Waals surface area contributed by atoms with E-state index in [0.29, 0.717) is 19.0 Å². The first kappa shape index (κ1) is 29.1. The molecule has 0 unspecified atom stereocenters. The number of rotatable bonds is 22. The second-order valence-electron chi connectivity index (χ2n) is 9.02. The zero-order valence-electron chi connectivity index (χ0n) is 21.3. The molecule has 0 aliphatic rings. The highest BCUT2D eigenvalue weighted by Gasteiger charge is 2.07. The van der Waals surface area contributed by atoms with Gasteiger partial charge in [0.05, 0.1) is 13.2 Å². The van der Waals surface area contributed by atoms with Gasteiger partial charge in [-0.2, -0.15) is 0 Å². The molecule has 1 N–H and O–H groups in total. The van der Waals surface area contributed by atoms with Crippen LogP contribution >= 0.6 is 0 Å². The Balaban J connectivity index is 2.41. The summed E-state index contributed by atoms with van der Waals surface area (Å²) in [7, 11) is 0. The van der Waals surface area contributed by atoms with E-state index in [1.165, 1.54) is 89.9 Å². The third-order valence-electron chi connectivity index (χ3n) is 5.90. The van der Waals surface area contributed by atoms with Crippen LogP contribution in [0.2, 0.25) is 0 Å². The van der Waals surface area contributed by atoms with Gasteiger partial charge in [-0.15, -0.1) is 0 Å². The van der Waals surface area contributed by atoms with Crippen molar-refractivity contribution in [3.8, 4) is 11.5 Å². The predicted molar refractivity (Wildman–Crippen MR) is 139 cm³/mol. The lowest BCUT2D eigenvalue weighted by Gasteiger charge is -2.14. The van der Waals surface area contributed by atoms with Gasteiger partial charge in [0.1, 0.15) is 0 Å². The molecule has 4 nitrogen and oxygen atoms in total. The van der Waals surface area contributed by atoms with E-state index >= 15 is 0 Å². The molecule has 4 heteroatoms. The van der Waals surface area contributed by atoms with Crippen molar-refractivity contribution in [3.63, 3.8) is 0 Å². The first-order valence-electron chi connectivity index (χ1n) is 13.5. The third-order valence-corrected chi connectivity index (χ3v) is 5.90. The normalized spacial score (nSPS) is 11.2. The Bertz CT molecular complexity index is 639. The monoisotopic (exact) mass is 460 g/mol. The Labute approximate surface area is 202 Å². The number of carboxylic acids is 1. The largest absolute Gasteiger partial charge is 0.490 e. The first-order chi connectivity index (χ1) is 16.2. The topological polar surface area (TPSA) is 55.8 Å². The molecule has 0 spiro atoms. The molecule has 0 amide bonds. The van der Waals surface area contributed by atoms with Crippen molar-refractivity contribution in [1.29, 1.82) is 0 Å². The molecule has 1 rings (SSSR count). The lowest BCUT2D eigenvalue weighted by Crippen LogP contribution is -2.03. The van der Waals surface area contributed by atoms with Crippen LogP contribution < -0.4 is 9.47 Å². The lowest BCUT2D eigenvalue weighted by molar-refractivity contribution is -0.131. The zero-order valence-corrected chi connectivity index (χ0v) is 21.3. The first-order valence-corrected chi connectivity index (χ1v) is 13.5. The molecule has 0 bridgehead atoms. The van der Waals surface area contributed by atoms with Gasteiger partial charge in [-0.25, -0.2) is 4.79 Å². The minimum Gasteiger partial charge on any atom is -0.490 e. The SMILES string of the molecule is CCCCCCCCCCOc1ccc(C=CC(=O)O)cc1OCCCCCCCCCC. The standard InChI is InChI=1S/C29H48O4/c1-3-5-7-9-11-13-15-17-23-32-27-21-19-26(20-22-29(30)31)25-28(27)33-24-18-16-14-12-10-8-6-4-2/h19-22,25H,3-18,23-24H2,1-2H3,(H,30,31). The molecular weight excluding hydrogens is 412 g/mol. The number of carboxylic acid groups (broad SMARTS) is 1. The van der Waals surface area contributed by atoms with E-state index in [4.69, 9.17) is 14.6 Å². The fourth-order valence-electron chi connectivity index (χ4n) is 3.86. The molecule has 0 radical (unpaired) electrons. The van der Waals surface area contributed by atoms with Crippen LogP contribution in [0.5, 0.6) is 11.5 Å². The molecule has 1 aromatic rings. The molecule has 0 aliphatic heterocycles. The maximum absolute atomic E-state index is 10.8. The summed E-state index contributed by atoms with van der Waals surface area (Å²) in [6.45, 7) is 5.85. The van der Waals surface area contributed by atoms with Gasteiger partial charge in [0.2, 0.25) is 0 Å². The summed E-state index contributed by atoms with van der Waals surface area (Å²) < 4.78 is 12.1. The second kappa shape index (κ2) is 20.6. The van der Waals surface area contributed by atoms with Crippen LogP contribution in [-0.4, -0.2) is 24.3 Å². The van der Waals surface area contributed by atoms with Crippen molar-refractivity contribution in [1.82, 2.24) is 0 Å². The quantitative estimate of drug-likeness (QED) is 0.139. The van der Waals surface area contributed by atoms with Gasteiger partial charge in [-0.05, 0) is 36.6 Å². The third kappa shape index (κ3) is 16.3. The Morgan fingerprint density at radius 3 is 1.64 bits per heavy atom. The number of hydrogen-bond acceptors (Lipinski definition) is 3. The summed E-state index contributed by atoms with van der Waals surface area (Å²) in [4.78, 5) is 10.8. The number of unbranched alkanes of at least 4 members (excludes halogenated alkanes) is 14. The summed E-state index contributed by atoms with van der Waals surface area (Å²) in [5, 5.41) is 8.90. The van der Waals surface area contributed by atoms with Crippen LogP contribution in [0.3, 0.4) is 0 Å². The molecule has 0 heterocycles. The summed E-state index contributed by atoms with van der Waals surface area (Å²) >= 11 is 0. The van der Waals surface area contributed by atoms with Crippen LogP contribution in [0.1, 0.15) is 122 Å². The Morgan fingerprint density at radius 2 is 1.15 bits per heavy atom. The Kier molecular flexibility index (Phi) is 18.2. The van der Waals surface area contributed by atoms with E-state index in [-0.39, 0.29) is 0 Å². The molecule has 0 aromatic heterocycles. The molecule has 0 saturated heterocycles. The average Bonchev–Trinajstić information content (AvgIpc) is 2.81. The maximum Gasteiger partial charge on any atom is 0.328 e. The van der Waals surface area contributed by atoms with Crippen molar-refractivity contribution in [2.45, 2.75) is 117 Å². The summed E-state index contributed by atoms with van der Waals surface area (Å²) in [5.74, 6) is 0.515. The van der Waals surface area contributed by atoms with E-state index in [1.807, 2.05) is 18.2 Å². The number of hydrogen-bond donors (Lipinski definition) is 1. The van der Waals surface area contributed by atoms with Crippen LogP contribution in [0.25, 0.3) is 6.08 Å². The van der Waals surface area contributed by atoms with Gasteiger partial charge in [0.25, 0.3) is 0 Å². The second-order valence-corrected chi connectivity index (χ2v) is 9.02. The van der Waals surface area contributed by atoms with Crippen LogP contribution in [-0.2, 0) is 4.79 Å². The molecule has 33 heavy (non-hydrogen) atoms. The number of aliphatic carboxylic acids is 1. The van der Waals surface area contributed by atoms with E-state index in [2.05, 4.69) is 13.8 Å². The molecule has 188 valence electrons. The maximum atomic E-state index is 10.8. The fraction of sp³-hybridized carbons (Fsp3) is 0.690. The minimum atomic E-state index is -0.952. The van der Waals surface area contributed by atoms with Gasteiger partial charge in [0, 0.05) is 6.08 Å². The Morgan fingerprint density at radius 1 is 0.697 bits per heavy atom. The van der Waals surface area contributed by atoms with Crippen molar-refractivity contribution in [2.24, 2.45) is 0 Å². The molecule has 0 aliphatic carbocycles. The van der Waals surface area contributed by atoms with E-state index in [9.17, 15) is 4.79 Å². The minimum absolute atomic E-state index is 0.662. The fourth-order valence-corrected chi connectivity index (χ4v) is 3.86. The van der Waals surface area contributed by atoms with Crippen molar-refractivity contribution >= 4 is 12.0 Å². The van der Waals surface area contributed by atoms with Gasteiger partial charge in [-0.3, -0.25) is 0 Å². The van der Waals surface area contributed by atoms with Crippen LogP contribution in [0.15, 0.2) is 24.3 Å². The summed E-state index contributed by atoms with van der Waals surface area (Å²) in [6.07, 6.45) is 23.0. The lowest BCUT2D eigenvalue weighted by atomic mass is 10.1. The smallest absolute Gasteiger partial charge is 0.328 e. The number of ether oxygens (including phenoxy) is 2. The van der Waals surface area contributed by atoms with E-state index in [1.54, 1.807) is 6.08 Å². The van der Waals surface area contributed by atoms with Crippen molar-refractivity contribution < 1.29 is 19.4 Å². The predicted octanol–water partition coefficient (Wildman–Crippen LogP) is 8.82. The molecular formula is C29H48O4. The molecule has 0 saturated carbocycles. The van der Waals surface area contributed by atoms with Crippen LogP contribution in [0.4, 0.5) is 0 Å². The van der Waals surface area contributed by atoms with Crippen LogP contribution in [0, 0.1) is 0 Å². The van der Waals surface area contributed by atoms with Gasteiger partial charge in [0.15, 0.2) is 11.5 Å². The summed E-state index contributed by atoms with van der Waals surface area (Å²) in [6, 6.07) is 5.66. The number of carbonyl (C=O) groups is 1. The molecule has 1 aromatic carbocycles. The van der Waals surface area contributed by atoms with E-state index < -0.39 is 5.97 Å². The van der Waals surface area contributed by atoms with Crippen molar-refractivity contribution in [3.05, 3.63) is 29.8 Å². The van der Waals surface area contributed by atoms with E-state index in [0.717, 1.165) is 30.2 Å². The van der Waals surface area contributed by atoms with Crippen molar-refractivity contribution in [2.75, 3.05) is 13.2 Å².